The van der Waals surface area contributed by atoms with Crippen LogP contribution in [0.25, 0.3) is 0 Å². The molecule has 172 valence electrons. The molecule has 1 N–H and O–H groups in total. The van der Waals surface area contributed by atoms with Gasteiger partial charge in [-0.3, -0.25) is 19.5 Å². The van der Waals surface area contributed by atoms with E-state index in [1.165, 1.54) is 18.4 Å². The van der Waals surface area contributed by atoms with Crippen LogP contribution in [0.15, 0.2) is 35.3 Å². The maximum atomic E-state index is 13.0. The van der Waals surface area contributed by atoms with Gasteiger partial charge >= 0.3 is 0 Å². The Morgan fingerprint density at radius 3 is 2.62 bits per heavy atom. The number of nitrogens with zero attached hydrogens (tertiary/aromatic N) is 4. The van der Waals surface area contributed by atoms with Gasteiger partial charge in [-0.25, -0.2) is 4.98 Å². The van der Waals surface area contributed by atoms with Crippen LogP contribution < -0.4 is 5.32 Å². The number of aryl methyl sites for hydroxylation is 1. The lowest BCUT2D eigenvalue weighted by atomic mass is 9.77. The van der Waals surface area contributed by atoms with Crippen LogP contribution in [0.2, 0.25) is 0 Å². The van der Waals surface area contributed by atoms with E-state index in [9.17, 15) is 9.59 Å². The van der Waals surface area contributed by atoms with Crippen molar-refractivity contribution in [1.29, 1.82) is 0 Å². The van der Waals surface area contributed by atoms with Gasteiger partial charge in [0.15, 0.2) is 6.39 Å². The first-order valence-electron chi connectivity index (χ1n) is 11.7. The summed E-state index contributed by atoms with van der Waals surface area (Å²) in [5, 5.41) is 3.07. The smallest absolute Gasteiger partial charge is 0.291 e. The summed E-state index contributed by atoms with van der Waals surface area (Å²) in [6.07, 6.45) is 11.9. The molecule has 0 radical (unpaired) electrons. The first-order valence-corrected chi connectivity index (χ1v) is 11.7. The van der Waals surface area contributed by atoms with Gasteiger partial charge in [-0.15, -0.1) is 0 Å². The lowest BCUT2D eigenvalue weighted by Gasteiger charge is -2.46. The molecule has 4 rings (SSSR count). The predicted octanol–water partition coefficient (Wildman–Crippen LogP) is 2.94. The Morgan fingerprint density at radius 1 is 1.12 bits per heavy atom. The summed E-state index contributed by atoms with van der Waals surface area (Å²) in [7, 11) is 0. The molecular weight excluding hydrogens is 406 g/mol. The number of carbonyl (C=O) groups is 2. The van der Waals surface area contributed by atoms with E-state index in [1.54, 1.807) is 11.8 Å². The maximum absolute atomic E-state index is 13.0. The van der Waals surface area contributed by atoms with Crippen LogP contribution in [0.5, 0.6) is 0 Å². The van der Waals surface area contributed by atoms with E-state index in [0.717, 1.165) is 45.2 Å². The number of pyridine rings is 1. The van der Waals surface area contributed by atoms with Crippen molar-refractivity contribution in [1.82, 2.24) is 25.1 Å². The monoisotopic (exact) mass is 439 g/mol. The molecule has 1 spiro atoms. The average Bonchev–Trinajstić information content (AvgIpc) is 3.22. The van der Waals surface area contributed by atoms with Gasteiger partial charge in [0.25, 0.3) is 5.91 Å². The standard InChI is InChI=1S/C24H33N5O3/c1-19-22(32-18-27-19)23(31)28-13-5-14-29(17-20-6-10-25-11-7-20)24(8-3-2-4-9-24)16-21(30)26-12-15-28/h6-7,10-11,18H,2-5,8-9,12-17H2,1H3,(H,26,30). The fourth-order valence-corrected chi connectivity index (χ4v) is 5.12. The molecule has 2 aromatic heterocycles. The first-order chi connectivity index (χ1) is 15.6. The van der Waals surface area contributed by atoms with Crippen LogP contribution in [0.3, 0.4) is 0 Å². The molecular formula is C24H33N5O3. The van der Waals surface area contributed by atoms with Crippen molar-refractivity contribution in [2.75, 3.05) is 26.2 Å². The summed E-state index contributed by atoms with van der Waals surface area (Å²) in [6.45, 7) is 4.89. The summed E-state index contributed by atoms with van der Waals surface area (Å²) >= 11 is 0. The minimum absolute atomic E-state index is 0.0665. The minimum Gasteiger partial charge on any atom is -0.438 e. The predicted molar refractivity (Wildman–Crippen MR) is 120 cm³/mol. The molecule has 8 heteroatoms. The third-order valence-electron chi connectivity index (χ3n) is 6.85. The van der Waals surface area contributed by atoms with Crippen LogP contribution in [0.1, 0.15) is 66.8 Å². The van der Waals surface area contributed by atoms with Gasteiger partial charge in [-0.1, -0.05) is 19.3 Å². The van der Waals surface area contributed by atoms with E-state index in [0.29, 0.717) is 31.7 Å². The molecule has 1 saturated carbocycles. The van der Waals surface area contributed by atoms with E-state index in [4.69, 9.17) is 4.42 Å². The van der Waals surface area contributed by atoms with Crippen LogP contribution in [-0.4, -0.2) is 63.3 Å². The van der Waals surface area contributed by atoms with E-state index in [1.807, 2.05) is 24.5 Å². The summed E-state index contributed by atoms with van der Waals surface area (Å²) in [6, 6.07) is 4.09. The average molecular weight is 440 g/mol. The Labute approximate surface area is 189 Å². The van der Waals surface area contributed by atoms with Crippen molar-refractivity contribution >= 4 is 11.8 Å². The molecule has 32 heavy (non-hydrogen) atoms. The zero-order chi connectivity index (χ0) is 22.4. The van der Waals surface area contributed by atoms with Gasteiger partial charge in [0.1, 0.15) is 0 Å². The molecule has 2 aliphatic rings. The first kappa shape index (κ1) is 22.5. The highest BCUT2D eigenvalue weighted by Crippen LogP contribution is 2.38. The van der Waals surface area contributed by atoms with Gasteiger partial charge in [0, 0.05) is 57.1 Å². The Morgan fingerprint density at radius 2 is 1.91 bits per heavy atom. The van der Waals surface area contributed by atoms with E-state index >= 15 is 0 Å². The normalized spacial score (nSPS) is 20.5. The van der Waals surface area contributed by atoms with Crippen molar-refractivity contribution in [3.05, 3.63) is 47.9 Å². The second-order valence-electron chi connectivity index (χ2n) is 9.00. The topological polar surface area (TPSA) is 91.6 Å². The highest BCUT2D eigenvalue weighted by Gasteiger charge is 2.40. The fourth-order valence-electron chi connectivity index (χ4n) is 5.12. The number of nitrogens with one attached hydrogen (secondary N) is 1. The molecule has 8 nitrogen and oxygen atoms in total. The van der Waals surface area contributed by atoms with Gasteiger partial charge in [-0.2, -0.15) is 0 Å². The zero-order valence-corrected chi connectivity index (χ0v) is 18.9. The summed E-state index contributed by atoms with van der Waals surface area (Å²) in [5.74, 6) is 0.182. The molecule has 3 heterocycles. The van der Waals surface area contributed by atoms with E-state index in [2.05, 4.69) is 20.2 Å². The Bertz CT molecular complexity index is 907. The number of hydrogen-bond acceptors (Lipinski definition) is 6. The largest absolute Gasteiger partial charge is 0.438 e. The maximum Gasteiger partial charge on any atom is 0.291 e. The molecule has 1 aliphatic heterocycles. The van der Waals surface area contributed by atoms with E-state index in [-0.39, 0.29) is 23.1 Å². The molecule has 1 aliphatic carbocycles. The molecule has 0 atom stereocenters. The van der Waals surface area contributed by atoms with Gasteiger partial charge in [0.05, 0.1) is 5.69 Å². The van der Waals surface area contributed by atoms with Gasteiger partial charge < -0.3 is 14.6 Å². The minimum atomic E-state index is -0.165. The molecule has 2 amide bonds. The Hall–Kier alpha value is -2.74. The van der Waals surface area contributed by atoms with Crippen molar-refractivity contribution < 1.29 is 14.0 Å². The third kappa shape index (κ3) is 5.18. The Balaban J connectivity index is 1.56. The van der Waals surface area contributed by atoms with Gasteiger partial charge in [-0.05, 0) is 43.9 Å². The number of hydrogen-bond donors (Lipinski definition) is 1. The summed E-state index contributed by atoms with van der Waals surface area (Å²) in [5.41, 5.74) is 1.66. The summed E-state index contributed by atoms with van der Waals surface area (Å²) in [4.78, 5) is 38.5. The molecule has 0 aromatic carbocycles. The lowest BCUT2D eigenvalue weighted by molar-refractivity contribution is -0.125. The molecule has 2 aromatic rings. The number of oxazole rings is 1. The summed E-state index contributed by atoms with van der Waals surface area (Å²) < 4.78 is 5.34. The van der Waals surface area contributed by atoms with Crippen molar-refractivity contribution in [3.8, 4) is 0 Å². The molecule has 2 fully saturated rings. The number of aromatic nitrogens is 2. The Kier molecular flexibility index (Phi) is 7.19. The quantitative estimate of drug-likeness (QED) is 0.791. The van der Waals surface area contributed by atoms with Crippen LogP contribution in [-0.2, 0) is 11.3 Å². The third-order valence-corrected chi connectivity index (χ3v) is 6.85. The SMILES string of the molecule is Cc1ncoc1C(=O)N1CCCN(Cc2ccncc2)C2(CCCCC2)CC(=O)NCC1. The second-order valence-corrected chi connectivity index (χ2v) is 9.00. The fraction of sp³-hybridized carbons (Fsp3) is 0.583. The number of rotatable bonds is 3. The second kappa shape index (κ2) is 10.3. The van der Waals surface area contributed by atoms with Crippen molar-refractivity contribution in [3.63, 3.8) is 0 Å². The van der Waals surface area contributed by atoms with Crippen molar-refractivity contribution in [2.45, 2.75) is 64.0 Å². The van der Waals surface area contributed by atoms with E-state index < -0.39 is 0 Å². The highest BCUT2D eigenvalue weighted by molar-refractivity contribution is 5.92. The molecule has 0 unspecified atom stereocenters. The number of carbonyl (C=O) groups excluding carboxylic acids is 2. The molecule has 1 saturated heterocycles. The number of amides is 2. The lowest BCUT2D eigenvalue weighted by Crippen LogP contribution is -2.52. The van der Waals surface area contributed by atoms with Crippen molar-refractivity contribution in [2.24, 2.45) is 0 Å². The van der Waals surface area contributed by atoms with Crippen LogP contribution >= 0.6 is 0 Å². The van der Waals surface area contributed by atoms with Crippen LogP contribution in [0, 0.1) is 6.92 Å². The van der Waals surface area contributed by atoms with Gasteiger partial charge in [0.2, 0.25) is 11.7 Å². The molecule has 0 bridgehead atoms. The highest BCUT2D eigenvalue weighted by atomic mass is 16.3. The van der Waals surface area contributed by atoms with Crippen LogP contribution in [0.4, 0.5) is 0 Å². The zero-order valence-electron chi connectivity index (χ0n) is 18.9.